The summed E-state index contributed by atoms with van der Waals surface area (Å²) in [5.74, 6) is -0.228. The Morgan fingerprint density at radius 2 is 2.11 bits per heavy atom. The molecule has 3 heteroatoms. The summed E-state index contributed by atoms with van der Waals surface area (Å²) >= 11 is 0. The zero-order valence-electron chi connectivity index (χ0n) is 5.08. The van der Waals surface area contributed by atoms with Crippen molar-refractivity contribution >= 4 is 5.78 Å². The van der Waals surface area contributed by atoms with Gasteiger partial charge < -0.3 is 10.2 Å². The number of hydrogen-bond acceptors (Lipinski definition) is 3. The van der Waals surface area contributed by atoms with Crippen molar-refractivity contribution in [3.05, 3.63) is 0 Å². The van der Waals surface area contributed by atoms with Crippen molar-refractivity contribution in [2.75, 3.05) is 0 Å². The number of rotatable bonds is 0. The first-order valence-electron chi connectivity index (χ1n) is 3.10. The first-order chi connectivity index (χ1) is 4.22. The lowest BCUT2D eigenvalue weighted by Gasteiger charge is -2.20. The van der Waals surface area contributed by atoms with E-state index in [1.165, 1.54) is 0 Å². The van der Waals surface area contributed by atoms with Crippen LogP contribution in [0, 0.1) is 0 Å². The van der Waals surface area contributed by atoms with E-state index in [4.69, 9.17) is 10.2 Å². The molecule has 1 rings (SSSR count). The van der Waals surface area contributed by atoms with Crippen LogP contribution in [0.4, 0.5) is 0 Å². The molecule has 1 fully saturated rings. The van der Waals surface area contributed by atoms with Crippen LogP contribution in [0.25, 0.3) is 0 Å². The summed E-state index contributed by atoms with van der Waals surface area (Å²) in [6.07, 6.45) is -0.257. The highest BCUT2D eigenvalue weighted by Gasteiger charge is 2.27. The van der Waals surface area contributed by atoms with Gasteiger partial charge in [0.25, 0.3) is 0 Å². The molecule has 0 bridgehead atoms. The lowest BCUT2D eigenvalue weighted by Crippen LogP contribution is -2.37. The minimum Gasteiger partial charge on any atom is -0.390 e. The third-order valence-corrected chi connectivity index (χ3v) is 1.62. The van der Waals surface area contributed by atoms with Gasteiger partial charge in [0.15, 0.2) is 5.78 Å². The van der Waals surface area contributed by atoms with Crippen LogP contribution in [0.1, 0.15) is 19.3 Å². The van der Waals surface area contributed by atoms with Gasteiger partial charge in [-0.25, -0.2) is 0 Å². The molecule has 0 aromatic carbocycles. The van der Waals surface area contributed by atoms with Gasteiger partial charge in [-0.05, 0) is 12.8 Å². The Kier molecular flexibility index (Phi) is 1.83. The molecule has 0 radical (unpaired) electrons. The van der Waals surface area contributed by atoms with Crippen LogP contribution in [0.3, 0.4) is 0 Å². The van der Waals surface area contributed by atoms with E-state index < -0.39 is 12.2 Å². The average Bonchev–Trinajstić information content (AvgIpc) is 1.83. The number of aliphatic hydroxyl groups excluding tert-OH is 2. The Morgan fingerprint density at radius 1 is 1.44 bits per heavy atom. The summed E-state index contributed by atoms with van der Waals surface area (Å²) in [5, 5.41) is 17.7. The van der Waals surface area contributed by atoms with E-state index in [1.807, 2.05) is 0 Å². The SMILES string of the molecule is O=C1CCC[C@@H](O)[C@H]1O. The Hall–Kier alpha value is -0.410. The fourth-order valence-corrected chi connectivity index (χ4v) is 1.01. The van der Waals surface area contributed by atoms with Crippen molar-refractivity contribution in [1.82, 2.24) is 0 Å². The molecule has 9 heavy (non-hydrogen) atoms. The summed E-state index contributed by atoms with van der Waals surface area (Å²) in [6.45, 7) is 0. The molecular formula is C6H10O3. The monoisotopic (exact) mass is 130 g/mol. The summed E-state index contributed by atoms with van der Waals surface area (Å²) in [5.41, 5.74) is 0. The van der Waals surface area contributed by atoms with Crippen LogP contribution in [0.5, 0.6) is 0 Å². The summed E-state index contributed by atoms with van der Waals surface area (Å²) in [4.78, 5) is 10.6. The second kappa shape index (κ2) is 2.45. The van der Waals surface area contributed by atoms with E-state index >= 15 is 0 Å². The van der Waals surface area contributed by atoms with E-state index in [0.29, 0.717) is 19.3 Å². The maximum atomic E-state index is 10.6. The molecular weight excluding hydrogens is 120 g/mol. The molecule has 0 heterocycles. The number of carbonyl (C=O) groups excluding carboxylic acids is 1. The minimum atomic E-state index is -1.11. The van der Waals surface area contributed by atoms with E-state index in [1.54, 1.807) is 0 Å². The molecule has 0 saturated heterocycles. The molecule has 0 aromatic rings. The van der Waals surface area contributed by atoms with Crippen molar-refractivity contribution in [3.8, 4) is 0 Å². The first-order valence-corrected chi connectivity index (χ1v) is 3.10. The third-order valence-electron chi connectivity index (χ3n) is 1.62. The number of hydrogen-bond donors (Lipinski definition) is 2. The highest BCUT2D eigenvalue weighted by Crippen LogP contribution is 2.14. The zero-order valence-corrected chi connectivity index (χ0v) is 5.08. The molecule has 0 amide bonds. The first kappa shape index (κ1) is 6.71. The lowest BCUT2D eigenvalue weighted by atomic mass is 9.94. The van der Waals surface area contributed by atoms with E-state index in [2.05, 4.69) is 0 Å². The standard InChI is InChI=1S/C6H10O3/c7-4-2-1-3-5(8)6(4)9/h4,6-7,9H,1-3H2/t4-,6-/m1/s1. The lowest BCUT2D eigenvalue weighted by molar-refractivity contribution is -0.136. The third kappa shape index (κ3) is 1.28. The van der Waals surface area contributed by atoms with Crippen molar-refractivity contribution in [1.29, 1.82) is 0 Å². The Morgan fingerprint density at radius 3 is 2.56 bits per heavy atom. The molecule has 52 valence electrons. The summed E-state index contributed by atoms with van der Waals surface area (Å²) < 4.78 is 0. The topological polar surface area (TPSA) is 57.5 Å². The van der Waals surface area contributed by atoms with Crippen LogP contribution >= 0.6 is 0 Å². The predicted octanol–water partition coefficient (Wildman–Crippen LogP) is -0.539. The van der Waals surface area contributed by atoms with Gasteiger partial charge in [-0.15, -0.1) is 0 Å². The molecule has 0 aromatic heterocycles. The van der Waals surface area contributed by atoms with Gasteiger partial charge in [-0.1, -0.05) is 0 Å². The van der Waals surface area contributed by atoms with Gasteiger partial charge in [-0.2, -0.15) is 0 Å². The van der Waals surface area contributed by atoms with Gasteiger partial charge in [0, 0.05) is 6.42 Å². The fraction of sp³-hybridized carbons (Fsp3) is 0.833. The molecule has 0 aliphatic heterocycles. The van der Waals surface area contributed by atoms with Crippen molar-refractivity contribution in [3.63, 3.8) is 0 Å². The van der Waals surface area contributed by atoms with Crippen LogP contribution in [-0.2, 0) is 4.79 Å². The highest BCUT2D eigenvalue weighted by atomic mass is 16.3. The Labute approximate surface area is 53.3 Å². The van der Waals surface area contributed by atoms with Gasteiger partial charge in [0.05, 0.1) is 6.10 Å². The number of carbonyl (C=O) groups is 1. The van der Waals surface area contributed by atoms with E-state index in [-0.39, 0.29) is 5.78 Å². The molecule has 1 saturated carbocycles. The van der Waals surface area contributed by atoms with Gasteiger partial charge >= 0.3 is 0 Å². The number of aliphatic hydroxyl groups is 2. The number of ketones is 1. The maximum Gasteiger partial charge on any atom is 0.163 e. The molecule has 0 unspecified atom stereocenters. The minimum absolute atomic E-state index is 0.228. The van der Waals surface area contributed by atoms with Gasteiger partial charge in [0.1, 0.15) is 6.10 Å². The second-order valence-corrected chi connectivity index (χ2v) is 2.37. The fourth-order valence-electron chi connectivity index (χ4n) is 1.01. The molecule has 0 spiro atoms. The Bertz CT molecular complexity index is 121. The van der Waals surface area contributed by atoms with E-state index in [0.717, 1.165) is 0 Å². The van der Waals surface area contributed by atoms with E-state index in [9.17, 15) is 4.79 Å². The predicted molar refractivity (Wildman–Crippen MR) is 30.9 cm³/mol. The summed E-state index contributed by atoms with van der Waals surface area (Å²) in [7, 11) is 0. The second-order valence-electron chi connectivity index (χ2n) is 2.37. The van der Waals surface area contributed by atoms with Gasteiger partial charge in [-0.3, -0.25) is 4.79 Å². The number of Topliss-reactive ketones (excluding diaryl/α,β-unsaturated/α-hetero) is 1. The van der Waals surface area contributed by atoms with Crippen molar-refractivity contribution in [2.24, 2.45) is 0 Å². The normalized spacial score (nSPS) is 36.9. The van der Waals surface area contributed by atoms with Gasteiger partial charge in [0.2, 0.25) is 0 Å². The molecule has 2 N–H and O–H groups in total. The Balaban J connectivity index is 2.51. The smallest absolute Gasteiger partial charge is 0.163 e. The summed E-state index contributed by atoms with van der Waals surface area (Å²) in [6, 6.07) is 0. The molecule has 2 atom stereocenters. The van der Waals surface area contributed by atoms with Crippen molar-refractivity contribution < 1.29 is 15.0 Å². The molecule has 1 aliphatic carbocycles. The highest BCUT2D eigenvalue weighted by molar-refractivity contribution is 5.84. The molecule has 1 aliphatic rings. The maximum absolute atomic E-state index is 10.6. The largest absolute Gasteiger partial charge is 0.390 e. The molecule has 3 nitrogen and oxygen atoms in total. The van der Waals surface area contributed by atoms with Crippen LogP contribution in [-0.4, -0.2) is 28.2 Å². The van der Waals surface area contributed by atoms with Crippen LogP contribution in [0.2, 0.25) is 0 Å². The van der Waals surface area contributed by atoms with Crippen LogP contribution in [0.15, 0.2) is 0 Å². The quantitative estimate of drug-likeness (QED) is 0.463. The van der Waals surface area contributed by atoms with Crippen LogP contribution < -0.4 is 0 Å². The average molecular weight is 130 g/mol. The van der Waals surface area contributed by atoms with Crippen molar-refractivity contribution in [2.45, 2.75) is 31.5 Å². The zero-order chi connectivity index (χ0) is 6.85.